The van der Waals surface area contributed by atoms with Gasteiger partial charge in [0, 0.05) is 16.8 Å². The molecule has 0 bridgehead atoms. The lowest BCUT2D eigenvalue weighted by Gasteiger charge is -2.28. The molecular formula is C64H41NO. The molecule has 2 heteroatoms. The SMILES string of the molecule is c1ccc(-c2ccc(-c3cc(N(c4ccc5c(-c6cc7ccccc7c7ccccc67)cccc5c4)c4cccc5oc6cc7ccccc7cc6c45)ccc3-c3ccccc3)cc2)cc1. The van der Waals surface area contributed by atoms with Gasteiger partial charge in [0.15, 0.2) is 0 Å². The molecule has 308 valence electrons. The van der Waals surface area contributed by atoms with Crippen LogP contribution in [-0.4, -0.2) is 0 Å². The number of fused-ring (bicyclic) bond motifs is 8. The molecule has 0 aliphatic heterocycles. The Morgan fingerprint density at radius 1 is 0.258 bits per heavy atom. The van der Waals surface area contributed by atoms with Crippen LogP contribution >= 0.6 is 0 Å². The Bertz CT molecular complexity index is 3980. The van der Waals surface area contributed by atoms with Crippen molar-refractivity contribution < 1.29 is 4.42 Å². The summed E-state index contributed by atoms with van der Waals surface area (Å²) in [6, 6.07) is 90.4. The Morgan fingerprint density at radius 3 is 1.64 bits per heavy atom. The molecule has 0 fully saturated rings. The summed E-state index contributed by atoms with van der Waals surface area (Å²) in [5.41, 5.74) is 14.4. The Kier molecular flexibility index (Phi) is 8.89. The second-order valence-corrected chi connectivity index (χ2v) is 17.2. The first-order valence-corrected chi connectivity index (χ1v) is 22.7. The van der Waals surface area contributed by atoms with E-state index in [9.17, 15) is 0 Å². The molecular weight excluding hydrogens is 799 g/mol. The van der Waals surface area contributed by atoms with Gasteiger partial charge in [0.05, 0.1) is 11.1 Å². The van der Waals surface area contributed by atoms with Gasteiger partial charge in [-0.1, -0.05) is 194 Å². The van der Waals surface area contributed by atoms with Crippen molar-refractivity contribution in [3.05, 3.63) is 249 Å². The third kappa shape index (κ3) is 6.34. The van der Waals surface area contributed by atoms with Crippen LogP contribution in [0.4, 0.5) is 17.1 Å². The van der Waals surface area contributed by atoms with Gasteiger partial charge in [0.1, 0.15) is 11.2 Å². The molecule has 1 heterocycles. The van der Waals surface area contributed by atoms with Gasteiger partial charge in [-0.3, -0.25) is 0 Å². The van der Waals surface area contributed by atoms with E-state index in [0.29, 0.717) is 0 Å². The molecule has 0 unspecified atom stereocenters. The van der Waals surface area contributed by atoms with Crippen molar-refractivity contribution in [1.29, 1.82) is 0 Å². The lowest BCUT2D eigenvalue weighted by molar-refractivity contribution is 0.669. The van der Waals surface area contributed by atoms with Crippen molar-refractivity contribution >= 4 is 82.1 Å². The highest BCUT2D eigenvalue weighted by atomic mass is 16.3. The molecule has 0 spiro atoms. The van der Waals surface area contributed by atoms with E-state index in [0.717, 1.165) is 55.5 Å². The van der Waals surface area contributed by atoms with Gasteiger partial charge in [-0.25, -0.2) is 0 Å². The van der Waals surface area contributed by atoms with Gasteiger partial charge in [-0.15, -0.1) is 0 Å². The highest BCUT2D eigenvalue weighted by Crippen LogP contribution is 2.47. The monoisotopic (exact) mass is 839 g/mol. The lowest BCUT2D eigenvalue weighted by Crippen LogP contribution is -2.11. The van der Waals surface area contributed by atoms with E-state index < -0.39 is 0 Å². The normalized spacial score (nSPS) is 11.6. The summed E-state index contributed by atoms with van der Waals surface area (Å²) in [6.45, 7) is 0. The van der Waals surface area contributed by atoms with Crippen LogP contribution in [0.25, 0.3) is 110 Å². The number of nitrogens with zero attached hydrogens (tertiary/aromatic N) is 1. The fraction of sp³-hybridized carbons (Fsp3) is 0. The third-order valence-electron chi connectivity index (χ3n) is 13.4. The van der Waals surface area contributed by atoms with Gasteiger partial charge in [0.25, 0.3) is 0 Å². The van der Waals surface area contributed by atoms with E-state index in [1.807, 2.05) is 0 Å². The summed E-state index contributed by atoms with van der Waals surface area (Å²) in [5, 5.41) is 11.9. The summed E-state index contributed by atoms with van der Waals surface area (Å²) in [5.74, 6) is 0. The average molecular weight is 840 g/mol. The fourth-order valence-electron chi connectivity index (χ4n) is 10.3. The first kappa shape index (κ1) is 37.8. The quantitative estimate of drug-likeness (QED) is 0.149. The first-order valence-electron chi connectivity index (χ1n) is 22.7. The van der Waals surface area contributed by atoms with Crippen LogP contribution < -0.4 is 4.90 Å². The van der Waals surface area contributed by atoms with Gasteiger partial charge in [0.2, 0.25) is 0 Å². The zero-order chi connectivity index (χ0) is 43.6. The molecule has 0 aliphatic carbocycles. The molecule has 0 aliphatic rings. The second-order valence-electron chi connectivity index (χ2n) is 17.2. The van der Waals surface area contributed by atoms with Gasteiger partial charge >= 0.3 is 0 Å². The number of hydrogen-bond donors (Lipinski definition) is 0. The van der Waals surface area contributed by atoms with Crippen LogP contribution in [-0.2, 0) is 0 Å². The molecule has 13 aromatic rings. The van der Waals surface area contributed by atoms with Crippen LogP contribution in [0.15, 0.2) is 253 Å². The molecule has 12 aromatic carbocycles. The smallest absolute Gasteiger partial charge is 0.137 e. The highest BCUT2D eigenvalue weighted by molar-refractivity contribution is 6.18. The van der Waals surface area contributed by atoms with E-state index in [1.165, 1.54) is 71.1 Å². The van der Waals surface area contributed by atoms with Crippen LogP contribution in [0.5, 0.6) is 0 Å². The minimum atomic E-state index is 0.853. The molecule has 66 heavy (non-hydrogen) atoms. The van der Waals surface area contributed by atoms with Crippen LogP contribution in [0.1, 0.15) is 0 Å². The van der Waals surface area contributed by atoms with E-state index in [-0.39, 0.29) is 0 Å². The maximum absolute atomic E-state index is 6.71. The number of rotatable bonds is 7. The molecule has 0 N–H and O–H groups in total. The Balaban J connectivity index is 1.05. The highest BCUT2D eigenvalue weighted by Gasteiger charge is 2.22. The number of furan rings is 1. The Labute approximate surface area is 382 Å². The molecule has 0 saturated heterocycles. The predicted molar refractivity (Wildman–Crippen MR) is 280 cm³/mol. The van der Waals surface area contributed by atoms with Crippen molar-refractivity contribution in [3.63, 3.8) is 0 Å². The molecule has 0 saturated carbocycles. The zero-order valence-electron chi connectivity index (χ0n) is 36.0. The summed E-state index contributed by atoms with van der Waals surface area (Å²) in [4.78, 5) is 2.43. The van der Waals surface area contributed by atoms with E-state index in [2.05, 4.69) is 254 Å². The standard InChI is InChI=1S/C64H41NO/c1-3-15-42(16-4-1)43-29-31-45(32-30-43)58-41-51(34-35-53(58)44-17-5-2-6-18-44)65(61-27-14-28-62-64(61)60-38-46-19-7-8-20-47(46)40-63(60)66-62)50-33-36-54-48(37-50)22-13-26-56(54)59-39-49-21-9-10-23-52(49)55-24-11-12-25-57(55)59/h1-41H. The summed E-state index contributed by atoms with van der Waals surface area (Å²) < 4.78 is 6.71. The van der Waals surface area contributed by atoms with Crippen molar-refractivity contribution in [1.82, 2.24) is 0 Å². The topological polar surface area (TPSA) is 16.4 Å². The first-order chi connectivity index (χ1) is 32.7. The molecule has 13 rings (SSSR count). The van der Waals surface area contributed by atoms with Crippen LogP contribution in [0.3, 0.4) is 0 Å². The number of hydrogen-bond acceptors (Lipinski definition) is 2. The molecule has 1 aromatic heterocycles. The van der Waals surface area contributed by atoms with Gasteiger partial charge in [-0.05, 0) is 142 Å². The zero-order valence-corrected chi connectivity index (χ0v) is 36.0. The largest absolute Gasteiger partial charge is 0.456 e. The molecule has 0 radical (unpaired) electrons. The van der Waals surface area contributed by atoms with Crippen LogP contribution in [0.2, 0.25) is 0 Å². The van der Waals surface area contributed by atoms with E-state index in [4.69, 9.17) is 4.42 Å². The molecule has 0 atom stereocenters. The Hall–Kier alpha value is -8.72. The minimum absolute atomic E-state index is 0.853. The van der Waals surface area contributed by atoms with Crippen molar-refractivity contribution in [2.24, 2.45) is 0 Å². The third-order valence-corrected chi connectivity index (χ3v) is 13.4. The summed E-state index contributed by atoms with van der Waals surface area (Å²) in [6.07, 6.45) is 0. The van der Waals surface area contributed by atoms with Gasteiger partial charge in [-0.2, -0.15) is 0 Å². The van der Waals surface area contributed by atoms with E-state index >= 15 is 0 Å². The van der Waals surface area contributed by atoms with Crippen molar-refractivity contribution in [3.8, 4) is 44.5 Å². The summed E-state index contributed by atoms with van der Waals surface area (Å²) >= 11 is 0. The van der Waals surface area contributed by atoms with Gasteiger partial charge < -0.3 is 9.32 Å². The summed E-state index contributed by atoms with van der Waals surface area (Å²) in [7, 11) is 0. The van der Waals surface area contributed by atoms with Crippen molar-refractivity contribution in [2.75, 3.05) is 4.90 Å². The van der Waals surface area contributed by atoms with Crippen LogP contribution in [0, 0.1) is 0 Å². The average Bonchev–Trinajstić information content (AvgIpc) is 3.76. The fourth-order valence-corrected chi connectivity index (χ4v) is 10.3. The number of anilines is 3. The Morgan fingerprint density at radius 2 is 0.833 bits per heavy atom. The number of benzene rings is 12. The maximum atomic E-state index is 6.71. The molecule has 2 nitrogen and oxygen atoms in total. The second kappa shape index (κ2) is 15.5. The lowest BCUT2D eigenvalue weighted by atomic mass is 9.90. The minimum Gasteiger partial charge on any atom is -0.456 e. The molecule has 0 amide bonds. The van der Waals surface area contributed by atoms with E-state index in [1.54, 1.807) is 0 Å². The predicted octanol–water partition coefficient (Wildman–Crippen LogP) is 18.3. The maximum Gasteiger partial charge on any atom is 0.137 e. The van der Waals surface area contributed by atoms with Crippen molar-refractivity contribution in [2.45, 2.75) is 0 Å².